The summed E-state index contributed by atoms with van der Waals surface area (Å²) >= 11 is 1.26. The van der Waals surface area contributed by atoms with E-state index in [1.807, 2.05) is 41.9 Å². The third kappa shape index (κ3) is 5.27. The highest BCUT2D eigenvalue weighted by Crippen LogP contribution is 2.25. The lowest BCUT2D eigenvalue weighted by Gasteiger charge is -2.26. The first-order valence-corrected chi connectivity index (χ1v) is 12.8. The molecule has 1 fully saturated rings. The summed E-state index contributed by atoms with van der Waals surface area (Å²) in [6.07, 6.45) is 0. The summed E-state index contributed by atoms with van der Waals surface area (Å²) in [6.45, 7) is 3.13. The second-order valence-corrected chi connectivity index (χ2v) is 10.4. The molecule has 1 N–H and O–H groups in total. The number of benzene rings is 2. The van der Waals surface area contributed by atoms with E-state index in [9.17, 15) is 13.2 Å². The summed E-state index contributed by atoms with van der Waals surface area (Å²) in [5, 5.41) is 11.8. The van der Waals surface area contributed by atoms with Gasteiger partial charge in [0.05, 0.1) is 23.9 Å². The fourth-order valence-corrected chi connectivity index (χ4v) is 5.86. The Morgan fingerprint density at radius 3 is 2.58 bits per heavy atom. The Morgan fingerprint density at radius 2 is 1.85 bits per heavy atom. The van der Waals surface area contributed by atoms with E-state index in [1.54, 1.807) is 19.1 Å². The van der Waals surface area contributed by atoms with Crippen LogP contribution in [0, 0.1) is 6.92 Å². The maximum Gasteiger partial charge on any atom is 0.243 e. The van der Waals surface area contributed by atoms with E-state index in [0.29, 0.717) is 42.7 Å². The zero-order valence-electron chi connectivity index (χ0n) is 18.4. The van der Waals surface area contributed by atoms with Crippen molar-refractivity contribution in [1.82, 2.24) is 19.1 Å². The lowest BCUT2D eigenvalue weighted by atomic mass is 10.2. The summed E-state index contributed by atoms with van der Waals surface area (Å²) in [4.78, 5) is 12.7. The molecule has 0 aliphatic carbocycles. The summed E-state index contributed by atoms with van der Waals surface area (Å²) < 4.78 is 34.6. The fraction of sp³-hybridized carbons (Fsp3) is 0.318. The molecule has 0 atom stereocenters. The molecule has 1 amide bonds. The highest BCUT2D eigenvalue weighted by molar-refractivity contribution is 7.99. The maximum atomic E-state index is 13.0. The molecule has 2 heterocycles. The van der Waals surface area contributed by atoms with Crippen LogP contribution in [0.5, 0.6) is 0 Å². The van der Waals surface area contributed by atoms with Crippen LogP contribution in [-0.4, -0.2) is 65.5 Å². The third-order valence-corrected chi connectivity index (χ3v) is 8.32. The lowest BCUT2D eigenvalue weighted by molar-refractivity contribution is -0.113. The van der Waals surface area contributed by atoms with Crippen molar-refractivity contribution in [3.63, 3.8) is 0 Å². The van der Waals surface area contributed by atoms with E-state index in [2.05, 4.69) is 15.5 Å². The number of nitrogens with one attached hydrogen (secondary N) is 1. The quantitative estimate of drug-likeness (QED) is 0.511. The molecular weight excluding hydrogens is 462 g/mol. The van der Waals surface area contributed by atoms with Crippen molar-refractivity contribution in [3.05, 3.63) is 54.1 Å². The van der Waals surface area contributed by atoms with Crippen LogP contribution in [0.15, 0.2) is 58.6 Å². The second kappa shape index (κ2) is 10.0. The normalized spacial score (nSPS) is 14.8. The zero-order chi connectivity index (χ0) is 23.4. The molecule has 0 bridgehead atoms. The van der Waals surface area contributed by atoms with Gasteiger partial charge in [0.15, 0.2) is 11.0 Å². The van der Waals surface area contributed by atoms with Crippen molar-refractivity contribution in [1.29, 1.82) is 0 Å². The molecule has 33 heavy (non-hydrogen) atoms. The largest absolute Gasteiger partial charge is 0.379 e. The third-order valence-electron chi connectivity index (χ3n) is 5.26. The van der Waals surface area contributed by atoms with Gasteiger partial charge in [-0.15, -0.1) is 10.2 Å². The molecule has 1 aromatic heterocycles. The Balaban J connectivity index is 1.42. The predicted molar refractivity (Wildman–Crippen MR) is 127 cm³/mol. The summed E-state index contributed by atoms with van der Waals surface area (Å²) in [7, 11) is -1.81. The first-order chi connectivity index (χ1) is 15.9. The first kappa shape index (κ1) is 23.4. The van der Waals surface area contributed by atoms with Crippen molar-refractivity contribution in [2.45, 2.75) is 17.0 Å². The van der Waals surface area contributed by atoms with E-state index < -0.39 is 10.0 Å². The molecule has 1 aliphatic rings. The van der Waals surface area contributed by atoms with Crippen LogP contribution in [0.25, 0.3) is 11.4 Å². The van der Waals surface area contributed by atoms with Gasteiger partial charge in [-0.2, -0.15) is 4.31 Å². The molecule has 0 saturated carbocycles. The number of amides is 1. The van der Waals surface area contributed by atoms with Crippen LogP contribution in [0.3, 0.4) is 0 Å². The van der Waals surface area contributed by atoms with Gasteiger partial charge in [-0.3, -0.25) is 4.79 Å². The molecule has 4 rings (SSSR count). The van der Waals surface area contributed by atoms with Crippen LogP contribution in [0.2, 0.25) is 0 Å². The number of rotatable bonds is 7. The number of sulfonamides is 1. The lowest BCUT2D eigenvalue weighted by Crippen LogP contribution is -2.40. The molecule has 0 radical (unpaired) electrons. The average Bonchev–Trinajstić information content (AvgIpc) is 3.20. The monoisotopic (exact) mass is 487 g/mol. The topological polar surface area (TPSA) is 106 Å². The summed E-state index contributed by atoms with van der Waals surface area (Å²) in [6, 6.07) is 14.6. The minimum Gasteiger partial charge on any atom is -0.379 e. The van der Waals surface area contributed by atoms with Crippen LogP contribution in [0.1, 0.15) is 5.56 Å². The Morgan fingerprint density at radius 1 is 1.12 bits per heavy atom. The molecule has 1 saturated heterocycles. The van der Waals surface area contributed by atoms with Gasteiger partial charge in [0, 0.05) is 31.4 Å². The Hall–Kier alpha value is -2.73. The minimum atomic E-state index is -3.66. The smallest absolute Gasteiger partial charge is 0.243 e. The SMILES string of the molecule is Cc1ccc(NC(=O)CSc2nnc(-c3ccccc3)n2C)cc1S(=O)(=O)N1CCOCC1. The summed E-state index contributed by atoms with van der Waals surface area (Å²) in [5.74, 6) is 0.568. The Labute approximate surface area is 197 Å². The number of ether oxygens (including phenoxy) is 1. The van der Waals surface area contributed by atoms with Crippen LogP contribution in [0.4, 0.5) is 5.69 Å². The highest BCUT2D eigenvalue weighted by atomic mass is 32.2. The van der Waals surface area contributed by atoms with E-state index >= 15 is 0 Å². The number of carbonyl (C=O) groups is 1. The number of morpholine rings is 1. The molecule has 0 unspecified atom stereocenters. The molecule has 11 heteroatoms. The van der Waals surface area contributed by atoms with Crippen molar-refractivity contribution >= 4 is 33.4 Å². The van der Waals surface area contributed by atoms with Crippen LogP contribution >= 0.6 is 11.8 Å². The van der Waals surface area contributed by atoms with Gasteiger partial charge in [0.2, 0.25) is 15.9 Å². The minimum absolute atomic E-state index is 0.111. The number of hydrogen-bond donors (Lipinski definition) is 1. The molecule has 174 valence electrons. The van der Waals surface area contributed by atoms with Gasteiger partial charge >= 0.3 is 0 Å². The number of aromatic nitrogens is 3. The number of thioether (sulfide) groups is 1. The first-order valence-electron chi connectivity index (χ1n) is 10.4. The van der Waals surface area contributed by atoms with Crippen LogP contribution < -0.4 is 5.32 Å². The van der Waals surface area contributed by atoms with Crippen molar-refractivity contribution in [2.24, 2.45) is 7.05 Å². The fourth-order valence-electron chi connectivity index (χ4n) is 3.49. The van der Waals surface area contributed by atoms with E-state index in [-0.39, 0.29) is 16.6 Å². The van der Waals surface area contributed by atoms with Gasteiger partial charge in [-0.1, -0.05) is 48.2 Å². The van der Waals surface area contributed by atoms with Gasteiger partial charge in [0.1, 0.15) is 0 Å². The van der Waals surface area contributed by atoms with Gasteiger partial charge in [-0.05, 0) is 24.6 Å². The molecule has 9 nitrogen and oxygen atoms in total. The van der Waals surface area contributed by atoms with Gasteiger partial charge in [-0.25, -0.2) is 8.42 Å². The average molecular weight is 488 g/mol. The Kier molecular flexibility index (Phi) is 7.13. The van der Waals surface area contributed by atoms with E-state index in [1.165, 1.54) is 22.1 Å². The second-order valence-electron chi connectivity index (χ2n) is 7.56. The molecule has 2 aromatic carbocycles. The van der Waals surface area contributed by atoms with E-state index in [4.69, 9.17) is 4.74 Å². The summed E-state index contributed by atoms with van der Waals surface area (Å²) in [5.41, 5.74) is 2.00. The van der Waals surface area contributed by atoms with Crippen molar-refractivity contribution in [2.75, 3.05) is 37.4 Å². The van der Waals surface area contributed by atoms with Gasteiger partial charge < -0.3 is 14.6 Å². The molecule has 0 spiro atoms. The molecular formula is C22H25N5O4S2. The van der Waals surface area contributed by atoms with Crippen LogP contribution in [-0.2, 0) is 26.6 Å². The Bertz CT molecular complexity index is 1240. The number of aryl methyl sites for hydroxylation is 1. The predicted octanol–water partition coefficient (Wildman–Crippen LogP) is 2.54. The van der Waals surface area contributed by atoms with Crippen molar-refractivity contribution in [3.8, 4) is 11.4 Å². The number of carbonyl (C=O) groups excluding carboxylic acids is 1. The van der Waals surface area contributed by atoms with Crippen molar-refractivity contribution < 1.29 is 17.9 Å². The number of nitrogens with zero attached hydrogens (tertiary/aromatic N) is 4. The standard InChI is InChI=1S/C22H25N5O4S2/c1-16-8-9-18(14-19(16)33(29,30)27-10-12-31-13-11-27)23-20(28)15-32-22-25-24-21(26(22)2)17-6-4-3-5-7-17/h3-9,14H,10-13,15H2,1-2H3,(H,23,28). The number of anilines is 1. The van der Waals surface area contributed by atoms with Gasteiger partial charge in [0.25, 0.3) is 0 Å². The maximum absolute atomic E-state index is 13.0. The molecule has 3 aromatic rings. The highest BCUT2D eigenvalue weighted by Gasteiger charge is 2.28. The molecule has 1 aliphatic heterocycles. The number of hydrogen-bond acceptors (Lipinski definition) is 7. The van der Waals surface area contributed by atoms with E-state index in [0.717, 1.165) is 11.4 Å². The zero-order valence-corrected chi connectivity index (χ0v) is 20.0.